The fraction of sp³-hybridized carbons (Fsp3) is 0.714. The molecule has 1 aliphatic rings. The van der Waals surface area contributed by atoms with Crippen LogP contribution in [0.25, 0.3) is 0 Å². The smallest absolute Gasteiger partial charge is 0.287 e. The Balaban J connectivity index is 2.09. The van der Waals surface area contributed by atoms with Crippen molar-refractivity contribution in [2.75, 3.05) is 11.9 Å². The van der Waals surface area contributed by atoms with Gasteiger partial charge in [0.15, 0.2) is 0 Å². The third kappa shape index (κ3) is 3.30. The summed E-state index contributed by atoms with van der Waals surface area (Å²) in [4.78, 5) is 12.0. The first-order chi connectivity index (χ1) is 9.06. The van der Waals surface area contributed by atoms with Crippen molar-refractivity contribution in [3.05, 3.63) is 21.6 Å². The summed E-state index contributed by atoms with van der Waals surface area (Å²) in [5, 5.41) is 7.71. The van der Waals surface area contributed by atoms with Gasteiger partial charge in [-0.15, -0.1) is 0 Å². The second kappa shape index (κ2) is 5.95. The molecule has 1 saturated carbocycles. The highest BCUT2D eigenvalue weighted by Crippen LogP contribution is 2.37. The molecule has 0 atom stereocenters. The molecule has 2 rings (SSSR count). The number of anilines is 1. The predicted octanol–water partition coefficient (Wildman–Crippen LogP) is 3.30. The number of hydrogen-bond donors (Lipinski definition) is 1. The lowest BCUT2D eigenvalue weighted by molar-refractivity contribution is 0.362. The van der Waals surface area contributed by atoms with Gasteiger partial charge in [0.05, 0.1) is 11.9 Å². The number of rotatable bonds is 5. The van der Waals surface area contributed by atoms with E-state index in [4.69, 9.17) is 11.6 Å². The van der Waals surface area contributed by atoms with E-state index in [1.165, 1.54) is 30.4 Å². The Labute approximate surface area is 119 Å². The number of nitrogens with zero attached hydrogens (tertiary/aromatic N) is 2. The maximum atomic E-state index is 12.0. The van der Waals surface area contributed by atoms with E-state index >= 15 is 0 Å². The predicted molar refractivity (Wildman–Crippen MR) is 78.9 cm³/mol. The molecule has 0 bridgehead atoms. The van der Waals surface area contributed by atoms with Crippen LogP contribution >= 0.6 is 11.6 Å². The van der Waals surface area contributed by atoms with Crippen LogP contribution in [-0.4, -0.2) is 16.3 Å². The van der Waals surface area contributed by atoms with E-state index < -0.39 is 0 Å². The summed E-state index contributed by atoms with van der Waals surface area (Å²) in [7, 11) is 0. The normalized spacial score (nSPS) is 17.6. The fourth-order valence-corrected chi connectivity index (χ4v) is 2.89. The molecule has 0 aromatic carbocycles. The van der Waals surface area contributed by atoms with E-state index in [0.717, 1.165) is 13.0 Å². The second-order valence-electron chi connectivity index (χ2n) is 5.77. The second-order valence-corrected chi connectivity index (χ2v) is 6.15. The lowest BCUT2D eigenvalue weighted by atomic mass is 9.89. The Morgan fingerprint density at radius 3 is 2.79 bits per heavy atom. The van der Waals surface area contributed by atoms with Gasteiger partial charge in [0, 0.05) is 13.1 Å². The van der Waals surface area contributed by atoms with Crippen LogP contribution in [0.15, 0.2) is 11.0 Å². The summed E-state index contributed by atoms with van der Waals surface area (Å²) < 4.78 is 1.42. The quantitative estimate of drug-likeness (QED) is 0.902. The van der Waals surface area contributed by atoms with Crippen LogP contribution in [0.2, 0.25) is 5.02 Å². The molecular weight excluding hydrogens is 262 g/mol. The molecule has 4 nitrogen and oxygen atoms in total. The van der Waals surface area contributed by atoms with Crippen molar-refractivity contribution in [1.29, 1.82) is 0 Å². The van der Waals surface area contributed by atoms with Gasteiger partial charge in [-0.05, 0) is 24.7 Å². The monoisotopic (exact) mass is 283 g/mol. The van der Waals surface area contributed by atoms with Gasteiger partial charge >= 0.3 is 0 Å². The molecule has 0 saturated heterocycles. The van der Waals surface area contributed by atoms with Gasteiger partial charge in [-0.3, -0.25) is 4.79 Å². The van der Waals surface area contributed by atoms with Gasteiger partial charge in [-0.2, -0.15) is 5.10 Å². The molecule has 1 N–H and O–H groups in total. The summed E-state index contributed by atoms with van der Waals surface area (Å²) in [5.41, 5.74) is 0.777. The summed E-state index contributed by atoms with van der Waals surface area (Å²) in [6.07, 6.45) is 7.59. The van der Waals surface area contributed by atoms with Crippen LogP contribution in [0, 0.1) is 5.41 Å². The van der Waals surface area contributed by atoms with Crippen LogP contribution in [0.1, 0.15) is 46.0 Å². The Morgan fingerprint density at radius 2 is 2.16 bits per heavy atom. The molecule has 1 heterocycles. The number of hydrogen-bond acceptors (Lipinski definition) is 3. The Kier molecular flexibility index (Phi) is 4.50. The highest BCUT2D eigenvalue weighted by atomic mass is 35.5. The highest BCUT2D eigenvalue weighted by molar-refractivity contribution is 6.32. The summed E-state index contributed by atoms with van der Waals surface area (Å²) in [5.74, 6) is 0. The standard InChI is InChI=1S/C14H22ClN3O/c1-3-8-18-13(19)12(15)11(9-17-18)16-10-14(2)6-4-5-7-14/h9,16H,3-8,10H2,1-2H3. The number of aromatic nitrogens is 2. The molecule has 0 spiro atoms. The molecular formula is C14H22ClN3O. The fourth-order valence-electron chi connectivity index (χ4n) is 2.67. The van der Waals surface area contributed by atoms with E-state index in [2.05, 4.69) is 17.3 Å². The van der Waals surface area contributed by atoms with Crippen LogP contribution < -0.4 is 10.9 Å². The van der Waals surface area contributed by atoms with Gasteiger partial charge < -0.3 is 5.32 Å². The summed E-state index contributed by atoms with van der Waals surface area (Å²) in [6.45, 7) is 5.75. The molecule has 19 heavy (non-hydrogen) atoms. The van der Waals surface area contributed by atoms with E-state index in [1.54, 1.807) is 6.20 Å². The maximum absolute atomic E-state index is 12.0. The minimum absolute atomic E-state index is 0.204. The largest absolute Gasteiger partial charge is 0.382 e. The lowest BCUT2D eigenvalue weighted by Crippen LogP contribution is -2.27. The first-order valence-corrected chi connectivity index (χ1v) is 7.43. The first kappa shape index (κ1) is 14.4. The molecule has 1 aromatic heterocycles. The van der Waals surface area contributed by atoms with E-state index in [1.807, 2.05) is 6.92 Å². The zero-order chi connectivity index (χ0) is 13.9. The van der Waals surface area contributed by atoms with E-state index in [-0.39, 0.29) is 10.6 Å². The minimum Gasteiger partial charge on any atom is -0.382 e. The van der Waals surface area contributed by atoms with Crippen LogP contribution in [0.4, 0.5) is 5.69 Å². The van der Waals surface area contributed by atoms with Crippen LogP contribution in [-0.2, 0) is 6.54 Å². The molecule has 0 amide bonds. The third-order valence-electron chi connectivity index (χ3n) is 3.94. The van der Waals surface area contributed by atoms with Gasteiger partial charge in [0.25, 0.3) is 5.56 Å². The van der Waals surface area contributed by atoms with Crippen molar-refractivity contribution in [2.24, 2.45) is 5.41 Å². The average Bonchev–Trinajstić information content (AvgIpc) is 2.82. The van der Waals surface area contributed by atoms with Gasteiger partial charge in [-0.1, -0.05) is 38.3 Å². The zero-order valence-electron chi connectivity index (χ0n) is 11.7. The van der Waals surface area contributed by atoms with Gasteiger partial charge in [-0.25, -0.2) is 4.68 Å². The van der Waals surface area contributed by atoms with Crippen molar-refractivity contribution < 1.29 is 0 Å². The Bertz CT molecular complexity index is 492. The number of halogens is 1. The van der Waals surface area contributed by atoms with Gasteiger partial charge in [0.2, 0.25) is 0 Å². The van der Waals surface area contributed by atoms with Crippen LogP contribution in [0.3, 0.4) is 0 Å². The van der Waals surface area contributed by atoms with Crippen molar-refractivity contribution in [1.82, 2.24) is 9.78 Å². The average molecular weight is 284 g/mol. The number of aryl methyl sites for hydroxylation is 1. The molecule has 1 aromatic rings. The molecule has 106 valence electrons. The molecule has 0 unspecified atom stereocenters. The van der Waals surface area contributed by atoms with Gasteiger partial charge in [0.1, 0.15) is 5.02 Å². The van der Waals surface area contributed by atoms with Crippen molar-refractivity contribution >= 4 is 17.3 Å². The lowest BCUT2D eigenvalue weighted by Gasteiger charge is -2.24. The van der Waals surface area contributed by atoms with Crippen molar-refractivity contribution in [2.45, 2.75) is 52.5 Å². The first-order valence-electron chi connectivity index (χ1n) is 7.05. The third-order valence-corrected chi connectivity index (χ3v) is 4.30. The van der Waals surface area contributed by atoms with Crippen molar-refractivity contribution in [3.8, 4) is 0 Å². The van der Waals surface area contributed by atoms with E-state index in [0.29, 0.717) is 17.6 Å². The van der Waals surface area contributed by atoms with Crippen LogP contribution in [0.5, 0.6) is 0 Å². The molecule has 1 fully saturated rings. The molecule has 1 aliphatic carbocycles. The summed E-state index contributed by atoms with van der Waals surface area (Å²) in [6, 6.07) is 0. The Morgan fingerprint density at radius 1 is 1.47 bits per heavy atom. The zero-order valence-corrected chi connectivity index (χ0v) is 12.5. The molecule has 5 heteroatoms. The molecule has 0 aliphatic heterocycles. The minimum atomic E-state index is -0.204. The number of nitrogens with one attached hydrogen (secondary N) is 1. The van der Waals surface area contributed by atoms with Crippen molar-refractivity contribution in [3.63, 3.8) is 0 Å². The topological polar surface area (TPSA) is 46.9 Å². The highest BCUT2D eigenvalue weighted by Gasteiger charge is 2.28. The summed E-state index contributed by atoms with van der Waals surface area (Å²) >= 11 is 6.13. The Hall–Kier alpha value is -1.03. The van der Waals surface area contributed by atoms with E-state index in [9.17, 15) is 4.79 Å². The molecule has 0 radical (unpaired) electrons. The SMILES string of the molecule is CCCn1ncc(NCC2(C)CCCC2)c(Cl)c1=O. The maximum Gasteiger partial charge on any atom is 0.287 e.